The SMILES string of the molecule is Cc1ccnc(C(Cl)C(F)(F)F)c1. The molecule has 0 aliphatic rings. The van der Waals surface area contributed by atoms with Gasteiger partial charge in [-0.15, -0.1) is 11.6 Å². The molecule has 72 valence electrons. The van der Waals surface area contributed by atoms with E-state index in [2.05, 4.69) is 4.98 Å². The van der Waals surface area contributed by atoms with E-state index in [1.54, 1.807) is 13.0 Å². The number of nitrogens with zero attached hydrogens (tertiary/aromatic N) is 1. The van der Waals surface area contributed by atoms with E-state index in [1.165, 1.54) is 12.3 Å². The van der Waals surface area contributed by atoms with Gasteiger partial charge < -0.3 is 0 Å². The summed E-state index contributed by atoms with van der Waals surface area (Å²) in [5, 5.41) is -2.02. The Balaban J connectivity index is 2.96. The van der Waals surface area contributed by atoms with Gasteiger partial charge in [-0.05, 0) is 24.6 Å². The summed E-state index contributed by atoms with van der Waals surface area (Å²) in [6.07, 6.45) is -3.13. The molecule has 1 rings (SSSR count). The molecule has 13 heavy (non-hydrogen) atoms. The molecule has 0 saturated carbocycles. The minimum atomic E-state index is -4.44. The quantitative estimate of drug-likeness (QED) is 0.647. The number of pyridine rings is 1. The van der Waals surface area contributed by atoms with Crippen LogP contribution in [0.15, 0.2) is 18.3 Å². The summed E-state index contributed by atoms with van der Waals surface area (Å²) < 4.78 is 36.3. The molecule has 0 saturated heterocycles. The lowest BCUT2D eigenvalue weighted by molar-refractivity contribution is -0.132. The summed E-state index contributed by atoms with van der Waals surface area (Å²) in [5.74, 6) is 0. The van der Waals surface area contributed by atoms with Crippen molar-refractivity contribution in [2.45, 2.75) is 18.5 Å². The van der Waals surface area contributed by atoms with Crippen molar-refractivity contribution in [2.75, 3.05) is 0 Å². The highest BCUT2D eigenvalue weighted by Gasteiger charge is 2.40. The number of hydrogen-bond donors (Lipinski definition) is 0. The van der Waals surface area contributed by atoms with Gasteiger partial charge in [-0.25, -0.2) is 0 Å². The third kappa shape index (κ3) is 2.59. The summed E-state index contributed by atoms with van der Waals surface area (Å²) in [7, 11) is 0. The van der Waals surface area contributed by atoms with Gasteiger partial charge in [-0.2, -0.15) is 13.2 Å². The van der Waals surface area contributed by atoms with E-state index in [9.17, 15) is 13.2 Å². The van der Waals surface area contributed by atoms with Crippen LogP contribution >= 0.6 is 11.6 Å². The van der Waals surface area contributed by atoms with Crippen LogP contribution in [0.1, 0.15) is 16.6 Å². The molecule has 0 radical (unpaired) electrons. The largest absolute Gasteiger partial charge is 0.410 e. The standard InChI is InChI=1S/C8H7ClF3N/c1-5-2-3-13-6(4-5)7(9)8(10,11)12/h2-4,7H,1H3. The molecule has 0 amide bonds. The van der Waals surface area contributed by atoms with Crippen molar-refractivity contribution >= 4 is 11.6 Å². The molecule has 1 nitrogen and oxygen atoms in total. The average Bonchev–Trinajstić information content (AvgIpc) is 2.01. The van der Waals surface area contributed by atoms with Gasteiger partial charge >= 0.3 is 6.18 Å². The number of alkyl halides is 4. The third-order valence-corrected chi connectivity index (χ3v) is 1.95. The second-order valence-corrected chi connectivity index (χ2v) is 3.10. The molecule has 0 bridgehead atoms. The third-order valence-electron chi connectivity index (χ3n) is 1.48. The Bertz CT molecular complexity index is 298. The lowest BCUT2D eigenvalue weighted by Crippen LogP contribution is -2.16. The zero-order valence-corrected chi connectivity index (χ0v) is 7.52. The number of halogens is 4. The zero-order valence-electron chi connectivity index (χ0n) is 6.77. The summed E-state index contributed by atoms with van der Waals surface area (Å²) in [6.45, 7) is 1.69. The van der Waals surface area contributed by atoms with Crippen molar-refractivity contribution in [3.63, 3.8) is 0 Å². The van der Waals surface area contributed by atoms with E-state index in [1.807, 2.05) is 0 Å². The van der Waals surface area contributed by atoms with E-state index in [-0.39, 0.29) is 5.69 Å². The Kier molecular flexibility index (Phi) is 2.81. The van der Waals surface area contributed by atoms with Gasteiger partial charge in [0.25, 0.3) is 0 Å². The van der Waals surface area contributed by atoms with Gasteiger partial charge in [0, 0.05) is 6.20 Å². The molecule has 1 atom stereocenters. The first kappa shape index (κ1) is 10.3. The van der Waals surface area contributed by atoms with Crippen LogP contribution in [0.5, 0.6) is 0 Å². The van der Waals surface area contributed by atoms with E-state index < -0.39 is 11.6 Å². The fraction of sp³-hybridized carbons (Fsp3) is 0.375. The van der Waals surface area contributed by atoms with Crippen LogP contribution in [-0.4, -0.2) is 11.2 Å². The second-order valence-electron chi connectivity index (χ2n) is 2.66. The van der Waals surface area contributed by atoms with Crippen molar-refractivity contribution in [1.82, 2.24) is 4.98 Å². The monoisotopic (exact) mass is 209 g/mol. The van der Waals surface area contributed by atoms with Gasteiger partial charge in [0.1, 0.15) is 0 Å². The summed E-state index contributed by atoms with van der Waals surface area (Å²) >= 11 is 5.17. The summed E-state index contributed by atoms with van der Waals surface area (Å²) in [4.78, 5) is 3.55. The normalized spacial score (nSPS) is 14.2. The Morgan fingerprint density at radius 2 is 2.08 bits per heavy atom. The number of aromatic nitrogens is 1. The predicted molar refractivity (Wildman–Crippen MR) is 43.6 cm³/mol. The molecular weight excluding hydrogens is 203 g/mol. The van der Waals surface area contributed by atoms with Gasteiger partial charge in [0.05, 0.1) is 5.69 Å². The first-order valence-corrected chi connectivity index (χ1v) is 3.98. The lowest BCUT2D eigenvalue weighted by Gasteiger charge is -2.12. The Morgan fingerprint density at radius 1 is 1.46 bits per heavy atom. The molecule has 1 aromatic rings. The van der Waals surface area contributed by atoms with Crippen molar-refractivity contribution in [3.8, 4) is 0 Å². The number of aryl methyl sites for hydroxylation is 1. The fourth-order valence-electron chi connectivity index (χ4n) is 0.866. The average molecular weight is 210 g/mol. The Hall–Kier alpha value is -0.770. The van der Waals surface area contributed by atoms with Crippen LogP contribution < -0.4 is 0 Å². The first-order valence-electron chi connectivity index (χ1n) is 3.54. The topological polar surface area (TPSA) is 12.9 Å². The van der Waals surface area contributed by atoms with E-state index in [0.717, 1.165) is 0 Å². The van der Waals surface area contributed by atoms with Crippen LogP contribution in [0.3, 0.4) is 0 Å². The summed E-state index contributed by atoms with van der Waals surface area (Å²) in [6, 6.07) is 2.94. The highest BCUT2D eigenvalue weighted by atomic mass is 35.5. The smallest absolute Gasteiger partial charge is 0.259 e. The van der Waals surface area contributed by atoms with Gasteiger partial charge in [0.2, 0.25) is 0 Å². The molecule has 0 aliphatic heterocycles. The predicted octanol–water partition coefficient (Wildman–Crippen LogP) is 3.23. The second kappa shape index (κ2) is 3.54. The molecule has 5 heteroatoms. The number of rotatable bonds is 1. The maximum absolute atomic E-state index is 12.1. The minimum absolute atomic E-state index is 0.158. The van der Waals surface area contributed by atoms with Crippen LogP contribution in [0.4, 0.5) is 13.2 Å². The van der Waals surface area contributed by atoms with E-state index >= 15 is 0 Å². The van der Waals surface area contributed by atoms with E-state index in [4.69, 9.17) is 11.6 Å². The van der Waals surface area contributed by atoms with Crippen LogP contribution in [0, 0.1) is 6.92 Å². The molecule has 1 unspecified atom stereocenters. The molecule has 0 spiro atoms. The Labute approximate surface area is 78.5 Å². The highest BCUT2D eigenvalue weighted by Crippen LogP contribution is 2.36. The molecule has 1 heterocycles. The van der Waals surface area contributed by atoms with Crippen LogP contribution in [0.25, 0.3) is 0 Å². The molecule has 0 N–H and O–H groups in total. The maximum atomic E-state index is 12.1. The van der Waals surface area contributed by atoms with Crippen LogP contribution in [0.2, 0.25) is 0 Å². The minimum Gasteiger partial charge on any atom is -0.259 e. The van der Waals surface area contributed by atoms with Crippen molar-refractivity contribution in [1.29, 1.82) is 0 Å². The lowest BCUT2D eigenvalue weighted by atomic mass is 10.2. The summed E-state index contributed by atoms with van der Waals surface area (Å²) in [5.41, 5.74) is 0.550. The molecule has 1 aromatic heterocycles. The highest BCUT2D eigenvalue weighted by molar-refractivity contribution is 6.21. The van der Waals surface area contributed by atoms with Crippen LogP contribution in [-0.2, 0) is 0 Å². The fourth-order valence-corrected chi connectivity index (χ4v) is 0.985. The van der Waals surface area contributed by atoms with Crippen molar-refractivity contribution in [3.05, 3.63) is 29.6 Å². The van der Waals surface area contributed by atoms with Gasteiger partial charge in [0.15, 0.2) is 5.38 Å². The molecule has 0 aliphatic carbocycles. The Morgan fingerprint density at radius 3 is 2.54 bits per heavy atom. The number of hydrogen-bond acceptors (Lipinski definition) is 1. The maximum Gasteiger partial charge on any atom is 0.410 e. The first-order chi connectivity index (χ1) is 5.91. The van der Waals surface area contributed by atoms with Gasteiger partial charge in [-0.1, -0.05) is 0 Å². The molecular formula is C8H7ClF3N. The molecule has 0 aromatic carbocycles. The zero-order chi connectivity index (χ0) is 10.1. The van der Waals surface area contributed by atoms with Crippen molar-refractivity contribution in [2.24, 2.45) is 0 Å². The van der Waals surface area contributed by atoms with Crippen molar-refractivity contribution < 1.29 is 13.2 Å². The van der Waals surface area contributed by atoms with E-state index in [0.29, 0.717) is 5.56 Å². The molecule has 0 fully saturated rings. The van der Waals surface area contributed by atoms with Gasteiger partial charge in [-0.3, -0.25) is 4.98 Å².